The third-order valence-corrected chi connectivity index (χ3v) is 5.20. The van der Waals surface area contributed by atoms with Crippen molar-refractivity contribution in [2.45, 2.75) is 31.2 Å². The number of halogens is 3. The maximum atomic E-state index is 6.40. The highest BCUT2D eigenvalue weighted by atomic mass is 35.5. The second-order valence-corrected chi connectivity index (χ2v) is 6.64. The standard InChI is InChI=1S/C18H19Cl2NO.ClH/c1-22-13-5-3-12-4-7-18(21)15(14(12)10-13)8-11-2-6-16(19)17(20)9-11;/h2-3,5-6,9-10,15,18H,4,7-8,21H2,1H3;1H. The summed E-state index contributed by atoms with van der Waals surface area (Å²) < 4.78 is 5.37. The van der Waals surface area contributed by atoms with E-state index >= 15 is 0 Å². The van der Waals surface area contributed by atoms with E-state index in [1.165, 1.54) is 11.1 Å². The SMILES string of the molecule is COc1ccc2c(c1)C(Cc1ccc(Cl)c(Cl)c1)C(N)CC2.Cl. The summed E-state index contributed by atoms with van der Waals surface area (Å²) in [4.78, 5) is 0. The molecule has 2 aromatic carbocycles. The lowest BCUT2D eigenvalue weighted by Gasteiger charge is -2.32. The fourth-order valence-electron chi connectivity index (χ4n) is 3.21. The molecule has 0 aromatic heterocycles. The van der Waals surface area contributed by atoms with Gasteiger partial charge in [0.25, 0.3) is 0 Å². The zero-order valence-corrected chi connectivity index (χ0v) is 15.2. The van der Waals surface area contributed by atoms with E-state index in [0.717, 1.165) is 30.6 Å². The molecule has 0 heterocycles. The van der Waals surface area contributed by atoms with Gasteiger partial charge in [0.15, 0.2) is 0 Å². The molecule has 2 N–H and O–H groups in total. The van der Waals surface area contributed by atoms with Crippen molar-refractivity contribution in [3.8, 4) is 5.75 Å². The fraction of sp³-hybridized carbons (Fsp3) is 0.333. The Bertz CT molecular complexity index is 690. The Balaban J connectivity index is 0.00000192. The van der Waals surface area contributed by atoms with Crippen molar-refractivity contribution in [1.82, 2.24) is 0 Å². The van der Waals surface area contributed by atoms with Crippen molar-refractivity contribution >= 4 is 35.6 Å². The number of aryl methyl sites for hydroxylation is 1. The van der Waals surface area contributed by atoms with Gasteiger partial charge in [-0.1, -0.05) is 35.3 Å². The molecule has 5 heteroatoms. The van der Waals surface area contributed by atoms with Crippen LogP contribution in [0.3, 0.4) is 0 Å². The van der Waals surface area contributed by atoms with E-state index in [2.05, 4.69) is 12.1 Å². The Morgan fingerprint density at radius 3 is 2.61 bits per heavy atom. The van der Waals surface area contributed by atoms with Gasteiger partial charge < -0.3 is 10.5 Å². The quantitative estimate of drug-likeness (QED) is 0.820. The molecule has 0 amide bonds. The second-order valence-electron chi connectivity index (χ2n) is 5.83. The fourth-order valence-corrected chi connectivity index (χ4v) is 3.53. The summed E-state index contributed by atoms with van der Waals surface area (Å²) in [6.45, 7) is 0. The third-order valence-electron chi connectivity index (χ3n) is 4.46. The third kappa shape index (κ3) is 3.95. The minimum Gasteiger partial charge on any atom is -0.497 e. The molecule has 2 aromatic rings. The Morgan fingerprint density at radius 1 is 1.13 bits per heavy atom. The maximum absolute atomic E-state index is 6.40. The van der Waals surface area contributed by atoms with Gasteiger partial charge in [0, 0.05) is 12.0 Å². The molecule has 0 radical (unpaired) electrons. The topological polar surface area (TPSA) is 35.2 Å². The lowest BCUT2D eigenvalue weighted by atomic mass is 9.76. The highest BCUT2D eigenvalue weighted by Gasteiger charge is 2.27. The first-order valence-corrected chi connectivity index (χ1v) is 8.20. The van der Waals surface area contributed by atoms with E-state index in [0.29, 0.717) is 10.0 Å². The molecular formula is C18H20Cl3NO. The van der Waals surface area contributed by atoms with E-state index in [-0.39, 0.29) is 24.4 Å². The molecule has 3 rings (SSSR count). The molecule has 0 aliphatic heterocycles. The van der Waals surface area contributed by atoms with Crippen molar-refractivity contribution in [1.29, 1.82) is 0 Å². The number of benzene rings is 2. The first kappa shape index (κ1) is 18.4. The Kier molecular flexibility index (Phi) is 6.21. The van der Waals surface area contributed by atoms with Crippen LogP contribution in [0.25, 0.3) is 0 Å². The molecule has 0 saturated heterocycles. The minimum atomic E-state index is 0. The molecule has 1 aliphatic rings. The van der Waals surface area contributed by atoms with Crippen LogP contribution >= 0.6 is 35.6 Å². The molecule has 2 unspecified atom stereocenters. The monoisotopic (exact) mass is 371 g/mol. The molecule has 1 aliphatic carbocycles. The minimum absolute atomic E-state index is 0. The first-order chi connectivity index (χ1) is 10.6. The number of nitrogens with two attached hydrogens (primary N) is 1. The summed E-state index contributed by atoms with van der Waals surface area (Å²) in [5, 5.41) is 1.18. The van der Waals surface area contributed by atoms with E-state index in [9.17, 15) is 0 Å². The van der Waals surface area contributed by atoms with Gasteiger partial charge in [-0.15, -0.1) is 12.4 Å². The zero-order chi connectivity index (χ0) is 15.7. The van der Waals surface area contributed by atoms with Crippen LogP contribution in [-0.2, 0) is 12.8 Å². The number of fused-ring (bicyclic) bond motifs is 1. The number of hydrogen-bond donors (Lipinski definition) is 1. The summed E-state index contributed by atoms with van der Waals surface area (Å²) in [5.41, 5.74) is 10.2. The average molecular weight is 373 g/mol. The summed E-state index contributed by atoms with van der Waals surface area (Å²) >= 11 is 12.1. The van der Waals surface area contributed by atoms with Crippen LogP contribution in [0.4, 0.5) is 0 Å². The molecule has 2 atom stereocenters. The number of methoxy groups -OCH3 is 1. The first-order valence-electron chi connectivity index (χ1n) is 7.45. The van der Waals surface area contributed by atoms with E-state index in [4.69, 9.17) is 33.7 Å². The van der Waals surface area contributed by atoms with Gasteiger partial charge in [-0.25, -0.2) is 0 Å². The van der Waals surface area contributed by atoms with Crippen molar-refractivity contribution < 1.29 is 4.74 Å². The van der Waals surface area contributed by atoms with Gasteiger partial charge in [-0.3, -0.25) is 0 Å². The largest absolute Gasteiger partial charge is 0.497 e. The maximum Gasteiger partial charge on any atom is 0.119 e. The molecule has 2 nitrogen and oxygen atoms in total. The number of ether oxygens (including phenoxy) is 1. The van der Waals surface area contributed by atoms with Gasteiger partial charge in [0.1, 0.15) is 5.75 Å². The molecule has 124 valence electrons. The van der Waals surface area contributed by atoms with E-state index in [1.807, 2.05) is 24.3 Å². The smallest absolute Gasteiger partial charge is 0.119 e. The van der Waals surface area contributed by atoms with Gasteiger partial charge in [0.05, 0.1) is 17.2 Å². The van der Waals surface area contributed by atoms with E-state index in [1.54, 1.807) is 7.11 Å². The average Bonchev–Trinajstić information content (AvgIpc) is 2.53. The number of rotatable bonds is 3. The number of hydrogen-bond acceptors (Lipinski definition) is 2. The van der Waals surface area contributed by atoms with E-state index < -0.39 is 0 Å². The van der Waals surface area contributed by atoms with Crippen LogP contribution in [0.2, 0.25) is 10.0 Å². The normalized spacial score (nSPS) is 19.7. The van der Waals surface area contributed by atoms with Crippen LogP contribution < -0.4 is 10.5 Å². The van der Waals surface area contributed by atoms with Crippen LogP contribution in [0.15, 0.2) is 36.4 Å². The highest BCUT2D eigenvalue weighted by Crippen LogP contribution is 2.36. The Morgan fingerprint density at radius 2 is 1.91 bits per heavy atom. The van der Waals surface area contributed by atoms with Crippen LogP contribution in [-0.4, -0.2) is 13.2 Å². The highest BCUT2D eigenvalue weighted by molar-refractivity contribution is 6.42. The van der Waals surface area contributed by atoms with Crippen molar-refractivity contribution in [2.24, 2.45) is 5.73 Å². The molecule has 23 heavy (non-hydrogen) atoms. The Hall–Kier alpha value is -0.930. The molecule has 0 saturated carbocycles. The van der Waals surface area contributed by atoms with Crippen molar-refractivity contribution in [3.63, 3.8) is 0 Å². The summed E-state index contributed by atoms with van der Waals surface area (Å²) in [5.74, 6) is 1.16. The predicted molar refractivity (Wildman–Crippen MR) is 99.4 cm³/mol. The lowest BCUT2D eigenvalue weighted by Crippen LogP contribution is -2.34. The molecule has 0 fully saturated rings. The van der Waals surface area contributed by atoms with Gasteiger partial charge >= 0.3 is 0 Å². The van der Waals surface area contributed by atoms with Gasteiger partial charge in [-0.2, -0.15) is 0 Å². The molecular weight excluding hydrogens is 353 g/mol. The Labute approximate surface area is 153 Å². The molecule has 0 bridgehead atoms. The summed E-state index contributed by atoms with van der Waals surface area (Å²) in [7, 11) is 1.69. The van der Waals surface area contributed by atoms with Crippen LogP contribution in [0.5, 0.6) is 5.75 Å². The van der Waals surface area contributed by atoms with Gasteiger partial charge in [0.2, 0.25) is 0 Å². The zero-order valence-electron chi connectivity index (χ0n) is 12.9. The summed E-state index contributed by atoms with van der Waals surface area (Å²) in [6, 6.07) is 12.2. The predicted octanol–water partition coefficient (Wildman–Crippen LogP) is 5.02. The van der Waals surface area contributed by atoms with Gasteiger partial charge in [-0.05, 0) is 60.2 Å². The van der Waals surface area contributed by atoms with Crippen molar-refractivity contribution in [2.75, 3.05) is 7.11 Å². The summed E-state index contributed by atoms with van der Waals surface area (Å²) in [6.07, 6.45) is 2.89. The second kappa shape index (κ2) is 7.76. The van der Waals surface area contributed by atoms with Crippen LogP contribution in [0, 0.1) is 0 Å². The lowest BCUT2D eigenvalue weighted by molar-refractivity contribution is 0.409. The van der Waals surface area contributed by atoms with Crippen molar-refractivity contribution in [3.05, 3.63) is 63.1 Å². The van der Waals surface area contributed by atoms with Crippen LogP contribution in [0.1, 0.15) is 29.0 Å². The molecule has 0 spiro atoms.